The molecule has 4 heteroatoms. The third-order valence-corrected chi connectivity index (χ3v) is 3.04. The van der Waals surface area contributed by atoms with Gasteiger partial charge in [0.1, 0.15) is 5.03 Å². The van der Waals surface area contributed by atoms with Gasteiger partial charge in [-0.25, -0.2) is 9.97 Å². The second kappa shape index (κ2) is 4.99. The van der Waals surface area contributed by atoms with Crippen molar-refractivity contribution in [1.29, 1.82) is 0 Å². The molecule has 0 aliphatic carbocycles. The fourth-order valence-electron chi connectivity index (χ4n) is 1.25. The van der Waals surface area contributed by atoms with Gasteiger partial charge in [0.05, 0.1) is 0 Å². The predicted octanol–water partition coefficient (Wildman–Crippen LogP) is 2.98. The number of rotatable bonds is 3. The molecule has 1 N–H and O–H groups in total. The molecule has 1 heterocycles. The third-order valence-electron chi connectivity index (χ3n) is 2.10. The molecule has 0 atom stereocenters. The van der Waals surface area contributed by atoms with Crippen molar-refractivity contribution in [3.8, 4) is 0 Å². The number of nitrogens with zero attached hydrogens (tertiary/aromatic N) is 2. The summed E-state index contributed by atoms with van der Waals surface area (Å²) < 4.78 is 0. The van der Waals surface area contributed by atoms with Gasteiger partial charge in [0.25, 0.3) is 0 Å². The van der Waals surface area contributed by atoms with Crippen molar-refractivity contribution in [3.05, 3.63) is 42.1 Å². The van der Waals surface area contributed by atoms with E-state index >= 15 is 0 Å². The molecule has 0 bridgehead atoms. The molecular weight excluding hydrogens is 218 g/mol. The highest BCUT2D eigenvalue weighted by molar-refractivity contribution is 7.99. The van der Waals surface area contributed by atoms with Gasteiger partial charge < -0.3 is 5.32 Å². The van der Waals surface area contributed by atoms with E-state index in [0.717, 1.165) is 5.03 Å². The van der Waals surface area contributed by atoms with Gasteiger partial charge in [0, 0.05) is 18.1 Å². The smallest absolute Gasteiger partial charge is 0.223 e. The predicted molar refractivity (Wildman–Crippen MR) is 66.9 cm³/mol. The maximum absolute atomic E-state index is 4.35. The van der Waals surface area contributed by atoms with Crippen LogP contribution < -0.4 is 5.32 Å². The van der Waals surface area contributed by atoms with Crippen LogP contribution in [0.5, 0.6) is 0 Å². The number of benzene rings is 1. The van der Waals surface area contributed by atoms with Gasteiger partial charge >= 0.3 is 0 Å². The fourth-order valence-corrected chi connectivity index (χ4v) is 2.02. The first-order valence-corrected chi connectivity index (χ1v) is 5.85. The van der Waals surface area contributed by atoms with E-state index in [0.29, 0.717) is 5.95 Å². The zero-order chi connectivity index (χ0) is 11.4. The second-order valence-electron chi connectivity index (χ2n) is 3.38. The molecule has 0 aliphatic rings. The van der Waals surface area contributed by atoms with Gasteiger partial charge in [0.2, 0.25) is 5.95 Å². The molecule has 0 radical (unpaired) electrons. The van der Waals surface area contributed by atoms with Crippen molar-refractivity contribution in [2.24, 2.45) is 0 Å². The van der Waals surface area contributed by atoms with Crippen molar-refractivity contribution in [2.75, 3.05) is 12.4 Å². The quantitative estimate of drug-likeness (QED) is 0.824. The summed E-state index contributed by atoms with van der Waals surface area (Å²) in [6.07, 6.45) is 1.76. The lowest BCUT2D eigenvalue weighted by Crippen LogP contribution is -1.95. The first-order chi connectivity index (χ1) is 7.78. The Labute approximate surface area is 99.3 Å². The zero-order valence-electron chi connectivity index (χ0n) is 9.27. The lowest BCUT2D eigenvalue weighted by Gasteiger charge is -2.03. The second-order valence-corrected chi connectivity index (χ2v) is 4.48. The van der Waals surface area contributed by atoms with Crippen LogP contribution in [0.3, 0.4) is 0 Å². The molecule has 16 heavy (non-hydrogen) atoms. The van der Waals surface area contributed by atoms with Crippen LogP contribution in [0.25, 0.3) is 0 Å². The molecule has 1 aromatic heterocycles. The highest BCUT2D eigenvalue weighted by Gasteiger charge is 2.00. The highest BCUT2D eigenvalue weighted by Crippen LogP contribution is 2.26. The summed E-state index contributed by atoms with van der Waals surface area (Å²) in [5.74, 6) is 0.650. The van der Waals surface area contributed by atoms with E-state index in [4.69, 9.17) is 0 Å². The van der Waals surface area contributed by atoms with Gasteiger partial charge in [-0.1, -0.05) is 29.5 Å². The lowest BCUT2D eigenvalue weighted by atomic mass is 10.2. The topological polar surface area (TPSA) is 37.8 Å². The van der Waals surface area contributed by atoms with Crippen LogP contribution in [0.2, 0.25) is 0 Å². The minimum atomic E-state index is 0.650. The summed E-state index contributed by atoms with van der Waals surface area (Å²) in [5, 5.41) is 3.87. The van der Waals surface area contributed by atoms with Crippen LogP contribution in [-0.4, -0.2) is 17.0 Å². The molecule has 82 valence electrons. The molecule has 0 amide bonds. The fraction of sp³-hybridized carbons (Fsp3) is 0.167. The maximum Gasteiger partial charge on any atom is 0.223 e. The minimum Gasteiger partial charge on any atom is -0.357 e. The number of anilines is 1. The van der Waals surface area contributed by atoms with E-state index in [1.807, 2.05) is 13.1 Å². The SMILES string of the molecule is CNc1nccc(Sc2ccc(C)cc2)n1. The molecule has 1 aromatic carbocycles. The number of aryl methyl sites for hydroxylation is 1. The normalized spacial score (nSPS) is 10.1. The van der Waals surface area contributed by atoms with E-state index in [1.54, 1.807) is 18.0 Å². The van der Waals surface area contributed by atoms with E-state index < -0.39 is 0 Å². The van der Waals surface area contributed by atoms with Gasteiger partial charge in [0.15, 0.2) is 0 Å². The minimum absolute atomic E-state index is 0.650. The molecule has 0 spiro atoms. The van der Waals surface area contributed by atoms with Crippen LogP contribution in [0.1, 0.15) is 5.56 Å². The molecule has 0 saturated carbocycles. The molecular formula is C12H13N3S. The molecule has 2 rings (SSSR count). The summed E-state index contributed by atoms with van der Waals surface area (Å²) in [7, 11) is 1.82. The van der Waals surface area contributed by atoms with E-state index in [-0.39, 0.29) is 0 Å². The third kappa shape index (κ3) is 2.73. The first kappa shape index (κ1) is 11.0. The first-order valence-electron chi connectivity index (χ1n) is 5.03. The molecule has 3 nitrogen and oxygen atoms in total. The van der Waals surface area contributed by atoms with Gasteiger partial charge in [-0.2, -0.15) is 0 Å². The van der Waals surface area contributed by atoms with E-state index in [1.165, 1.54) is 10.5 Å². The van der Waals surface area contributed by atoms with Gasteiger partial charge in [-0.05, 0) is 25.1 Å². The Morgan fingerprint density at radius 3 is 2.56 bits per heavy atom. The average molecular weight is 231 g/mol. The van der Waals surface area contributed by atoms with Crippen molar-refractivity contribution < 1.29 is 0 Å². The molecule has 0 fully saturated rings. The average Bonchev–Trinajstić information content (AvgIpc) is 2.32. The Bertz CT molecular complexity index is 468. The Morgan fingerprint density at radius 1 is 1.12 bits per heavy atom. The van der Waals surface area contributed by atoms with Crippen LogP contribution >= 0.6 is 11.8 Å². The zero-order valence-corrected chi connectivity index (χ0v) is 10.1. The van der Waals surface area contributed by atoms with Gasteiger partial charge in [-0.15, -0.1) is 0 Å². The van der Waals surface area contributed by atoms with Crippen LogP contribution in [0.15, 0.2) is 46.5 Å². The van der Waals surface area contributed by atoms with Crippen LogP contribution in [-0.2, 0) is 0 Å². The van der Waals surface area contributed by atoms with Crippen molar-refractivity contribution in [2.45, 2.75) is 16.8 Å². The van der Waals surface area contributed by atoms with Crippen LogP contribution in [0, 0.1) is 6.92 Å². The number of nitrogens with one attached hydrogen (secondary N) is 1. The lowest BCUT2D eigenvalue weighted by molar-refractivity contribution is 1.04. The Hall–Kier alpha value is -1.55. The van der Waals surface area contributed by atoms with E-state index in [2.05, 4.69) is 46.5 Å². The summed E-state index contributed by atoms with van der Waals surface area (Å²) in [6.45, 7) is 2.08. The van der Waals surface area contributed by atoms with Gasteiger partial charge in [-0.3, -0.25) is 0 Å². The number of hydrogen-bond donors (Lipinski definition) is 1. The summed E-state index contributed by atoms with van der Waals surface area (Å²) in [4.78, 5) is 9.61. The summed E-state index contributed by atoms with van der Waals surface area (Å²) in [5.41, 5.74) is 1.27. The Kier molecular flexibility index (Phi) is 3.41. The molecule has 0 aliphatic heterocycles. The highest BCUT2D eigenvalue weighted by atomic mass is 32.2. The summed E-state index contributed by atoms with van der Waals surface area (Å²) >= 11 is 1.63. The molecule has 0 unspecified atom stereocenters. The van der Waals surface area contributed by atoms with Crippen molar-refractivity contribution in [3.63, 3.8) is 0 Å². The van der Waals surface area contributed by atoms with Crippen LogP contribution in [0.4, 0.5) is 5.95 Å². The van der Waals surface area contributed by atoms with E-state index in [9.17, 15) is 0 Å². The largest absolute Gasteiger partial charge is 0.357 e. The summed E-state index contributed by atoms with van der Waals surface area (Å²) in [6, 6.07) is 10.3. The standard InChI is InChI=1S/C12H13N3S/c1-9-3-5-10(6-4-9)16-11-7-8-14-12(13-2)15-11/h3-8H,1-2H3,(H,13,14,15). The van der Waals surface area contributed by atoms with Crippen molar-refractivity contribution in [1.82, 2.24) is 9.97 Å². The maximum atomic E-state index is 4.35. The molecule has 0 saturated heterocycles. The Morgan fingerprint density at radius 2 is 1.88 bits per heavy atom. The monoisotopic (exact) mass is 231 g/mol. The molecule has 2 aromatic rings. The Balaban J connectivity index is 2.16. The van der Waals surface area contributed by atoms with Crippen molar-refractivity contribution >= 4 is 17.7 Å². The number of hydrogen-bond acceptors (Lipinski definition) is 4. The number of aromatic nitrogens is 2.